The van der Waals surface area contributed by atoms with Gasteiger partial charge in [0.05, 0.1) is 4.47 Å². The van der Waals surface area contributed by atoms with E-state index in [0.717, 1.165) is 10.9 Å². The second-order valence-corrected chi connectivity index (χ2v) is 3.97. The van der Waals surface area contributed by atoms with E-state index in [2.05, 4.69) is 45.1 Å². The topological polar surface area (TPSA) is 37.8 Å². The zero-order valence-electron chi connectivity index (χ0n) is 7.92. The number of aromatic nitrogens is 2. The fourth-order valence-electron chi connectivity index (χ4n) is 1.11. The van der Waals surface area contributed by atoms with Gasteiger partial charge in [-0.05, 0) is 29.3 Å². The molecule has 0 radical (unpaired) electrons. The summed E-state index contributed by atoms with van der Waals surface area (Å²) >= 11 is 3.29. The van der Waals surface area contributed by atoms with Crippen LogP contribution in [0, 0.1) is 0 Å². The number of halogens is 1. The van der Waals surface area contributed by atoms with E-state index in [1.54, 1.807) is 12.4 Å². The Hall–Kier alpha value is -0.640. The predicted molar refractivity (Wildman–Crippen MR) is 57.7 cm³/mol. The summed E-state index contributed by atoms with van der Waals surface area (Å²) in [5, 5.41) is 3.23. The van der Waals surface area contributed by atoms with E-state index in [9.17, 15) is 0 Å². The molecular weight excluding hydrogens is 230 g/mol. The highest BCUT2D eigenvalue weighted by Gasteiger charge is 2.01. The summed E-state index contributed by atoms with van der Waals surface area (Å²) in [6.07, 6.45) is 5.80. The van der Waals surface area contributed by atoms with Crippen molar-refractivity contribution < 1.29 is 0 Å². The Morgan fingerprint density at radius 3 is 2.62 bits per heavy atom. The van der Waals surface area contributed by atoms with Crippen LogP contribution in [0.1, 0.15) is 26.7 Å². The zero-order chi connectivity index (χ0) is 9.68. The van der Waals surface area contributed by atoms with Gasteiger partial charge in [-0.3, -0.25) is 0 Å². The maximum atomic E-state index is 4.13. The molecule has 1 N–H and O–H groups in total. The molecule has 1 rings (SSSR count). The van der Waals surface area contributed by atoms with E-state index in [1.807, 2.05) is 0 Å². The number of hydrogen-bond donors (Lipinski definition) is 1. The first-order valence-corrected chi connectivity index (χ1v) is 5.25. The van der Waals surface area contributed by atoms with Crippen molar-refractivity contribution in [1.82, 2.24) is 9.97 Å². The molecule has 0 spiro atoms. The largest absolute Gasteiger partial charge is 0.352 e. The SMILES string of the molecule is CCCC(C)Nc1ncc(Br)cn1. The highest BCUT2D eigenvalue weighted by atomic mass is 79.9. The molecular formula is C9H14BrN3. The van der Waals surface area contributed by atoms with Gasteiger partial charge in [0.2, 0.25) is 5.95 Å². The molecule has 3 nitrogen and oxygen atoms in total. The van der Waals surface area contributed by atoms with E-state index < -0.39 is 0 Å². The van der Waals surface area contributed by atoms with Crippen LogP contribution in [-0.4, -0.2) is 16.0 Å². The van der Waals surface area contributed by atoms with E-state index in [1.165, 1.54) is 6.42 Å². The highest BCUT2D eigenvalue weighted by molar-refractivity contribution is 9.10. The average Bonchev–Trinajstić information content (AvgIpc) is 2.09. The fraction of sp³-hybridized carbons (Fsp3) is 0.556. The van der Waals surface area contributed by atoms with Gasteiger partial charge in [0.25, 0.3) is 0 Å². The first-order chi connectivity index (χ1) is 6.22. The summed E-state index contributed by atoms with van der Waals surface area (Å²) in [4.78, 5) is 8.26. The van der Waals surface area contributed by atoms with Crippen LogP contribution < -0.4 is 5.32 Å². The number of rotatable bonds is 4. The number of anilines is 1. The van der Waals surface area contributed by atoms with Gasteiger partial charge in [0.15, 0.2) is 0 Å². The van der Waals surface area contributed by atoms with Crippen LogP contribution in [0.5, 0.6) is 0 Å². The molecule has 1 aromatic rings. The van der Waals surface area contributed by atoms with Crippen LogP contribution in [0.4, 0.5) is 5.95 Å². The van der Waals surface area contributed by atoms with E-state index in [4.69, 9.17) is 0 Å². The lowest BCUT2D eigenvalue weighted by molar-refractivity contribution is 0.683. The van der Waals surface area contributed by atoms with Gasteiger partial charge >= 0.3 is 0 Å². The molecule has 0 amide bonds. The average molecular weight is 244 g/mol. The summed E-state index contributed by atoms with van der Waals surface area (Å²) in [6.45, 7) is 4.30. The molecule has 0 fully saturated rings. The second-order valence-electron chi connectivity index (χ2n) is 3.06. The number of nitrogens with one attached hydrogen (secondary N) is 1. The molecule has 0 saturated heterocycles. The Labute approximate surface area is 87.1 Å². The van der Waals surface area contributed by atoms with E-state index >= 15 is 0 Å². The van der Waals surface area contributed by atoms with E-state index in [0.29, 0.717) is 12.0 Å². The number of nitrogens with zero attached hydrogens (tertiary/aromatic N) is 2. The molecule has 0 aliphatic rings. The first kappa shape index (κ1) is 10.4. The maximum absolute atomic E-state index is 4.13. The summed E-state index contributed by atoms with van der Waals surface area (Å²) in [5.41, 5.74) is 0. The van der Waals surface area contributed by atoms with Crippen molar-refractivity contribution in [3.05, 3.63) is 16.9 Å². The van der Waals surface area contributed by atoms with E-state index in [-0.39, 0.29) is 0 Å². The van der Waals surface area contributed by atoms with Gasteiger partial charge < -0.3 is 5.32 Å². The summed E-state index contributed by atoms with van der Waals surface area (Å²) in [7, 11) is 0. The van der Waals surface area contributed by atoms with Crippen LogP contribution in [0.25, 0.3) is 0 Å². The smallest absolute Gasteiger partial charge is 0.222 e. The third kappa shape index (κ3) is 3.72. The first-order valence-electron chi connectivity index (χ1n) is 4.46. The Bertz CT molecular complexity index is 248. The van der Waals surface area contributed by atoms with Crippen LogP contribution >= 0.6 is 15.9 Å². The van der Waals surface area contributed by atoms with Crippen molar-refractivity contribution >= 4 is 21.9 Å². The lowest BCUT2D eigenvalue weighted by Crippen LogP contribution is -2.16. The molecule has 0 aromatic carbocycles. The Morgan fingerprint density at radius 2 is 2.08 bits per heavy atom. The molecule has 13 heavy (non-hydrogen) atoms. The molecule has 72 valence electrons. The second kappa shape index (κ2) is 5.17. The molecule has 4 heteroatoms. The summed E-state index contributed by atoms with van der Waals surface area (Å²) in [6, 6.07) is 0.436. The monoisotopic (exact) mass is 243 g/mol. The molecule has 0 saturated carbocycles. The van der Waals surface area contributed by atoms with Gasteiger partial charge in [-0.15, -0.1) is 0 Å². The predicted octanol–water partition coefficient (Wildman–Crippen LogP) is 2.84. The Morgan fingerprint density at radius 1 is 1.46 bits per heavy atom. The molecule has 1 atom stereocenters. The Kier molecular flexibility index (Phi) is 4.15. The fourth-order valence-corrected chi connectivity index (χ4v) is 1.32. The normalized spacial score (nSPS) is 12.5. The van der Waals surface area contributed by atoms with Crippen molar-refractivity contribution in [1.29, 1.82) is 0 Å². The highest BCUT2D eigenvalue weighted by Crippen LogP contribution is 2.08. The lowest BCUT2D eigenvalue weighted by atomic mass is 10.2. The lowest BCUT2D eigenvalue weighted by Gasteiger charge is -2.11. The van der Waals surface area contributed by atoms with Gasteiger partial charge in [0, 0.05) is 18.4 Å². The third-order valence-electron chi connectivity index (χ3n) is 1.72. The molecule has 1 unspecified atom stereocenters. The standard InChI is InChI=1S/C9H14BrN3/c1-3-4-7(2)13-9-11-5-8(10)6-12-9/h5-7H,3-4H2,1-2H3,(H,11,12,13). The molecule has 0 bridgehead atoms. The van der Waals surface area contributed by atoms with Crippen LogP contribution in [0.2, 0.25) is 0 Å². The Balaban J connectivity index is 2.49. The molecule has 1 heterocycles. The quantitative estimate of drug-likeness (QED) is 0.884. The number of hydrogen-bond acceptors (Lipinski definition) is 3. The van der Waals surface area contributed by atoms with Gasteiger partial charge in [-0.1, -0.05) is 13.3 Å². The van der Waals surface area contributed by atoms with Crippen molar-refractivity contribution in [2.75, 3.05) is 5.32 Å². The van der Waals surface area contributed by atoms with Gasteiger partial charge in [-0.2, -0.15) is 0 Å². The van der Waals surface area contributed by atoms with Crippen molar-refractivity contribution in [2.24, 2.45) is 0 Å². The van der Waals surface area contributed by atoms with Gasteiger partial charge in [0.1, 0.15) is 0 Å². The van der Waals surface area contributed by atoms with Gasteiger partial charge in [-0.25, -0.2) is 9.97 Å². The summed E-state index contributed by atoms with van der Waals surface area (Å²) in [5.74, 6) is 0.698. The van der Waals surface area contributed by atoms with Crippen molar-refractivity contribution in [2.45, 2.75) is 32.7 Å². The van der Waals surface area contributed by atoms with Crippen LogP contribution in [0.3, 0.4) is 0 Å². The maximum Gasteiger partial charge on any atom is 0.222 e. The zero-order valence-corrected chi connectivity index (χ0v) is 9.50. The minimum Gasteiger partial charge on any atom is -0.352 e. The minimum atomic E-state index is 0.436. The molecule has 0 aliphatic carbocycles. The minimum absolute atomic E-state index is 0.436. The summed E-state index contributed by atoms with van der Waals surface area (Å²) < 4.78 is 0.904. The molecule has 1 aromatic heterocycles. The third-order valence-corrected chi connectivity index (χ3v) is 2.13. The van der Waals surface area contributed by atoms with Crippen LogP contribution in [-0.2, 0) is 0 Å². The van der Waals surface area contributed by atoms with Crippen molar-refractivity contribution in [3.63, 3.8) is 0 Å². The van der Waals surface area contributed by atoms with Crippen molar-refractivity contribution in [3.8, 4) is 0 Å². The van der Waals surface area contributed by atoms with Crippen LogP contribution in [0.15, 0.2) is 16.9 Å². The molecule has 0 aliphatic heterocycles.